The Labute approximate surface area is 163 Å². The van der Waals surface area contributed by atoms with Crippen LogP contribution in [-0.2, 0) is 4.74 Å². The summed E-state index contributed by atoms with van der Waals surface area (Å²) in [5.74, 6) is 0.886. The van der Waals surface area contributed by atoms with Gasteiger partial charge in [-0.15, -0.1) is 0 Å². The lowest BCUT2D eigenvalue weighted by Crippen LogP contribution is -2.40. The number of likely N-dealkylation sites (N-methyl/N-ethyl adjacent to an activating group) is 1. The molecule has 1 fully saturated rings. The number of fused-ring (bicyclic) bond motifs is 1. The first kappa shape index (κ1) is 18.2. The number of carbonyl (C=O) groups is 1. The zero-order valence-electron chi connectivity index (χ0n) is 16.3. The van der Waals surface area contributed by atoms with Gasteiger partial charge in [0.05, 0.1) is 18.3 Å². The van der Waals surface area contributed by atoms with Crippen molar-refractivity contribution in [1.82, 2.24) is 24.5 Å². The molecule has 0 N–H and O–H groups in total. The summed E-state index contributed by atoms with van der Waals surface area (Å²) in [6.45, 7) is 5.28. The van der Waals surface area contributed by atoms with E-state index in [1.165, 1.54) is 0 Å². The quantitative estimate of drug-likeness (QED) is 0.693. The van der Waals surface area contributed by atoms with Gasteiger partial charge >= 0.3 is 6.09 Å². The summed E-state index contributed by atoms with van der Waals surface area (Å²) >= 11 is 0. The number of ether oxygens (including phenoxy) is 1. The van der Waals surface area contributed by atoms with E-state index in [0.29, 0.717) is 0 Å². The summed E-state index contributed by atoms with van der Waals surface area (Å²) in [4.78, 5) is 25.0. The Morgan fingerprint density at radius 3 is 2.82 bits per heavy atom. The van der Waals surface area contributed by atoms with Crippen molar-refractivity contribution < 1.29 is 9.53 Å². The minimum atomic E-state index is -0.277. The van der Waals surface area contributed by atoms with Crippen LogP contribution < -0.4 is 4.90 Å². The van der Waals surface area contributed by atoms with E-state index in [1.807, 2.05) is 44.4 Å². The van der Waals surface area contributed by atoms with Gasteiger partial charge in [0.2, 0.25) is 0 Å². The topological polar surface area (TPSA) is 75.9 Å². The highest BCUT2D eigenvalue weighted by Crippen LogP contribution is 2.26. The summed E-state index contributed by atoms with van der Waals surface area (Å²) in [6.07, 6.45) is 7.76. The van der Waals surface area contributed by atoms with Crippen LogP contribution in [0.25, 0.3) is 16.8 Å². The van der Waals surface area contributed by atoms with E-state index in [0.717, 1.165) is 42.1 Å². The predicted molar refractivity (Wildman–Crippen MR) is 106 cm³/mol. The van der Waals surface area contributed by atoms with Crippen molar-refractivity contribution in [2.24, 2.45) is 0 Å². The van der Waals surface area contributed by atoms with Gasteiger partial charge in [-0.2, -0.15) is 5.10 Å². The smallest absolute Gasteiger partial charge is 0.410 e. The van der Waals surface area contributed by atoms with Gasteiger partial charge in [-0.05, 0) is 44.0 Å². The molecular weight excluding hydrogens is 356 g/mol. The maximum Gasteiger partial charge on any atom is 0.410 e. The van der Waals surface area contributed by atoms with Gasteiger partial charge < -0.3 is 14.5 Å². The number of rotatable bonds is 4. The van der Waals surface area contributed by atoms with Gasteiger partial charge in [-0.1, -0.05) is 0 Å². The Balaban J connectivity index is 1.55. The fourth-order valence-corrected chi connectivity index (χ4v) is 3.47. The Hall–Kier alpha value is -3.16. The van der Waals surface area contributed by atoms with Crippen molar-refractivity contribution in [1.29, 1.82) is 0 Å². The Morgan fingerprint density at radius 2 is 2.07 bits per heavy atom. The maximum absolute atomic E-state index is 12.2. The van der Waals surface area contributed by atoms with E-state index < -0.39 is 0 Å². The van der Waals surface area contributed by atoms with Crippen LogP contribution in [0.2, 0.25) is 0 Å². The van der Waals surface area contributed by atoms with E-state index in [2.05, 4.69) is 15.0 Å². The molecule has 0 spiro atoms. The number of carbonyl (C=O) groups excluding carboxylic acids is 1. The highest BCUT2D eigenvalue weighted by atomic mass is 16.6. The van der Waals surface area contributed by atoms with Crippen molar-refractivity contribution in [2.45, 2.75) is 32.4 Å². The van der Waals surface area contributed by atoms with Crippen LogP contribution in [0.15, 0.2) is 43.0 Å². The molecule has 1 atom stereocenters. The monoisotopic (exact) mass is 380 g/mol. The largest absolute Gasteiger partial charge is 0.447 e. The molecule has 8 heteroatoms. The molecule has 4 rings (SSSR count). The summed E-state index contributed by atoms with van der Waals surface area (Å²) < 4.78 is 7.09. The molecule has 146 valence electrons. The third-order valence-electron chi connectivity index (χ3n) is 5.01. The van der Waals surface area contributed by atoms with Crippen LogP contribution in [0.1, 0.15) is 20.3 Å². The zero-order chi connectivity index (χ0) is 19.7. The average Bonchev–Trinajstić information content (AvgIpc) is 3.34. The van der Waals surface area contributed by atoms with E-state index in [4.69, 9.17) is 9.72 Å². The fourth-order valence-electron chi connectivity index (χ4n) is 3.47. The molecule has 3 aromatic heterocycles. The first-order valence-corrected chi connectivity index (χ1v) is 9.46. The SMILES string of the molecule is CC(C)OC(=O)N(C)C1CCN(c2ccn3ncc(-c4ccncc4)c3n2)C1. The minimum absolute atomic E-state index is 0.105. The lowest BCUT2D eigenvalue weighted by molar-refractivity contribution is 0.0748. The van der Waals surface area contributed by atoms with Crippen LogP contribution in [0.3, 0.4) is 0 Å². The fraction of sp³-hybridized carbons (Fsp3) is 0.400. The van der Waals surface area contributed by atoms with Gasteiger partial charge in [0, 0.05) is 44.3 Å². The zero-order valence-corrected chi connectivity index (χ0v) is 16.3. The van der Waals surface area contributed by atoms with Gasteiger partial charge in [0.1, 0.15) is 5.82 Å². The molecule has 1 aliphatic rings. The minimum Gasteiger partial charge on any atom is -0.447 e. The van der Waals surface area contributed by atoms with Crippen LogP contribution in [0.4, 0.5) is 10.6 Å². The molecule has 0 bridgehead atoms. The van der Waals surface area contributed by atoms with Crippen LogP contribution in [0.5, 0.6) is 0 Å². The van der Waals surface area contributed by atoms with Crippen molar-refractivity contribution in [3.05, 3.63) is 43.0 Å². The summed E-state index contributed by atoms with van der Waals surface area (Å²) in [5, 5.41) is 4.40. The Morgan fingerprint density at radius 1 is 1.29 bits per heavy atom. The van der Waals surface area contributed by atoms with Crippen molar-refractivity contribution >= 4 is 17.6 Å². The van der Waals surface area contributed by atoms with Gasteiger partial charge in [0.25, 0.3) is 0 Å². The highest BCUT2D eigenvalue weighted by Gasteiger charge is 2.30. The first-order chi connectivity index (χ1) is 13.5. The molecule has 0 aromatic carbocycles. The molecule has 28 heavy (non-hydrogen) atoms. The van der Waals surface area contributed by atoms with Gasteiger partial charge in [-0.25, -0.2) is 14.3 Å². The molecule has 0 aliphatic carbocycles. The molecule has 0 radical (unpaired) electrons. The summed E-state index contributed by atoms with van der Waals surface area (Å²) in [5.41, 5.74) is 2.81. The summed E-state index contributed by atoms with van der Waals surface area (Å²) in [6, 6.07) is 5.97. The first-order valence-electron chi connectivity index (χ1n) is 9.46. The highest BCUT2D eigenvalue weighted by molar-refractivity contribution is 5.77. The number of aromatic nitrogens is 4. The number of amides is 1. The third-order valence-corrected chi connectivity index (χ3v) is 5.01. The van der Waals surface area contributed by atoms with Crippen molar-refractivity contribution in [3.63, 3.8) is 0 Å². The van der Waals surface area contributed by atoms with Gasteiger partial charge in [-0.3, -0.25) is 4.98 Å². The lowest BCUT2D eigenvalue weighted by Gasteiger charge is -2.25. The third kappa shape index (κ3) is 3.49. The van der Waals surface area contributed by atoms with Crippen LogP contribution in [-0.4, -0.2) is 62.9 Å². The lowest BCUT2D eigenvalue weighted by atomic mass is 10.1. The van der Waals surface area contributed by atoms with E-state index in [9.17, 15) is 4.79 Å². The predicted octanol–water partition coefficient (Wildman–Crippen LogP) is 2.85. The Kier molecular flexibility index (Phi) is 4.85. The van der Waals surface area contributed by atoms with E-state index in [1.54, 1.807) is 28.9 Å². The van der Waals surface area contributed by atoms with E-state index in [-0.39, 0.29) is 18.2 Å². The number of nitrogens with zero attached hydrogens (tertiary/aromatic N) is 6. The van der Waals surface area contributed by atoms with Crippen LogP contribution in [0, 0.1) is 0 Å². The van der Waals surface area contributed by atoms with Crippen LogP contribution >= 0.6 is 0 Å². The molecule has 4 heterocycles. The molecule has 1 aliphatic heterocycles. The number of anilines is 1. The Bertz CT molecular complexity index is 971. The molecule has 1 amide bonds. The molecule has 0 saturated carbocycles. The van der Waals surface area contributed by atoms with Crippen molar-refractivity contribution in [2.75, 3.05) is 25.0 Å². The number of hydrogen-bond donors (Lipinski definition) is 0. The van der Waals surface area contributed by atoms with Gasteiger partial charge in [0.15, 0.2) is 5.65 Å². The molecule has 3 aromatic rings. The van der Waals surface area contributed by atoms with Crippen molar-refractivity contribution in [3.8, 4) is 11.1 Å². The second-order valence-electron chi connectivity index (χ2n) is 7.28. The summed E-state index contributed by atoms with van der Waals surface area (Å²) in [7, 11) is 1.80. The maximum atomic E-state index is 12.2. The second-order valence-corrected chi connectivity index (χ2v) is 7.28. The molecule has 1 saturated heterocycles. The molecular formula is C20H24N6O2. The second kappa shape index (κ2) is 7.46. The standard InChI is InChI=1S/C20H24N6O2/c1-14(2)28-20(27)24(3)16-6-10-25(13-16)18-7-11-26-19(23-18)17(12-22-26)15-4-8-21-9-5-15/h4-5,7-9,11-12,14,16H,6,10,13H2,1-3H3. The average molecular weight is 380 g/mol. The van der Waals surface area contributed by atoms with E-state index >= 15 is 0 Å². The molecule has 1 unspecified atom stereocenters. The number of pyridine rings is 1. The molecule has 8 nitrogen and oxygen atoms in total. The normalized spacial score (nSPS) is 16.7. The number of hydrogen-bond acceptors (Lipinski definition) is 6.